The fourth-order valence-electron chi connectivity index (χ4n) is 1.32. The third-order valence-corrected chi connectivity index (χ3v) is 2.50. The van der Waals surface area contributed by atoms with Crippen molar-refractivity contribution in [3.8, 4) is 0 Å². The Bertz CT molecular complexity index is 327. The predicted molar refractivity (Wildman–Crippen MR) is 63.1 cm³/mol. The van der Waals surface area contributed by atoms with Crippen molar-refractivity contribution >= 4 is 6.03 Å². The Balaban J connectivity index is 2.66. The molecule has 0 bridgehead atoms. The van der Waals surface area contributed by atoms with Gasteiger partial charge in [-0.15, -0.1) is 0 Å². The van der Waals surface area contributed by atoms with Gasteiger partial charge in [0.25, 0.3) is 0 Å². The maximum Gasteiger partial charge on any atom is 0.317 e. The number of amides is 2. The van der Waals surface area contributed by atoms with Gasteiger partial charge in [0.05, 0.1) is 12.6 Å². The van der Waals surface area contributed by atoms with E-state index in [4.69, 9.17) is 0 Å². The summed E-state index contributed by atoms with van der Waals surface area (Å²) in [6.07, 6.45) is 0. The fraction of sp³-hybridized carbons (Fsp3) is 0.417. The van der Waals surface area contributed by atoms with Gasteiger partial charge in [0.1, 0.15) is 0 Å². The van der Waals surface area contributed by atoms with Crippen molar-refractivity contribution in [2.24, 2.45) is 0 Å². The van der Waals surface area contributed by atoms with Crippen LogP contribution in [0.4, 0.5) is 4.79 Å². The minimum atomic E-state index is -0.345. The number of carbonyl (C=O) groups is 1. The second-order valence-electron chi connectivity index (χ2n) is 3.61. The van der Waals surface area contributed by atoms with E-state index in [0.29, 0.717) is 6.54 Å². The van der Waals surface area contributed by atoms with E-state index < -0.39 is 0 Å². The number of benzene rings is 1. The van der Waals surface area contributed by atoms with Crippen molar-refractivity contribution in [1.82, 2.24) is 10.2 Å². The van der Waals surface area contributed by atoms with Crippen LogP contribution in [-0.4, -0.2) is 36.2 Å². The van der Waals surface area contributed by atoms with Crippen LogP contribution in [0.1, 0.15) is 18.5 Å². The van der Waals surface area contributed by atoms with Crippen molar-refractivity contribution < 1.29 is 9.90 Å². The van der Waals surface area contributed by atoms with Gasteiger partial charge in [-0.25, -0.2) is 4.79 Å². The lowest BCUT2D eigenvalue weighted by molar-refractivity contribution is 0.193. The van der Waals surface area contributed by atoms with Gasteiger partial charge in [-0.2, -0.15) is 0 Å². The quantitative estimate of drug-likeness (QED) is 0.808. The highest BCUT2D eigenvalue weighted by atomic mass is 16.3. The molecule has 0 saturated carbocycles. The molecular formula is C12H18N2O2. The molecule has 1 aromatic carbocycles. The first-order valence-electron chi connectivity index (χ1n) is 5.36. The molecular weight excluding hydrogens is 204 g/mol. The summed E-state index contributed by atoms with van der Waals surface area (Å²) >= 11 is 0. The number of urea groups is 1. The van der Waals surface area contributed by atoms with E-state index in [9.17, 15) is 9.90 Å². The van der Waals surface area contributed by atoms with Crippen molar-refractivity contribution in [3.05, 3.63) is 35.9 Å². The van der Waals surface area contributed by atoms with E-state index in [0.717, 1.165) is 5.56 Å². The van der Waals surface area contributed by atoms with Crippen molar-refractivity contribution in [1.29, 1.82) is 0 Å². The van der Waals surface area contributed by atoms with Crippen LogP contribution in [0.25, 0.3) is 0 Å². The Hall–Kier alpha value is -1.55. The molecule has 0 fully saturated rings. The molecule has 0 radical (unpaired) electrons. The number of rotatable bonds is 4. The second-order valence-corrected chi connectivity index (χ2v) is 3.61. The van der Waals surface area contributed by atoms with Crippen molar-refractivity contribution in [2.75, 3.05) is 20.2 Å². The molecule has 4 heteroatoms. The monoisotopic (exact) mass is 222 g/mol. The van der Waals surface area contributed by atoms with Gasteiger partial charge in [-0.1, -0.05) is 30.3 Å². The summed E-state index contributed by atoms with van der Waals surface area (Å²) in [5.74, 6) is 0. The summed E-state index contributed by atoms with van der Waals surface area (Å²) in [4.78, 5) is 13.2. The van der Waals surface area contributed by atoms with Gasteiger partial charge in [0, 0.05) is 13.6 Å². The number of aliphatic hydroxyl groups excluding tert-OH is 1. The van der Waals surface area contributed by atoms with Gasteiger partial charge in [0.15, 0.2) is 0 Å². The summed E-state index contributed by atoms with van der Waals surface area (Å²) in [6.45, 7) is 2.43. The van der Waals surface area contributed by atoms with Crippen LogP contribution >= 0.6 is 0 Å². The van der Waals surface area contributed by atoms with Gasteiger partial charge < -0.3 is 15.3 Å². The first kappa shape index (κ1) is 12.5. The lowest BCUT2D eigenvalue weighted by Gasteiger charge is -2.21. The molecule has 16 heavy (non-hydrogen) atoms. The van der Waals surface area contributed by atoms with E-state index in [1.165, 1.54) is 0 Å². The maximum absolute atomic E-state index is 11.6. The summed E-state index contributed by atoms with van der Waals surface area (Å²) in [7, 11) is 1.72. The summed E-state index contributed by atoms with van der Waals surface area (Å²) < 4.78 is 0. The van der Waals surface area contributed by atoms with E-state index >= 15 is 0 Å². The third-order valence-electron chi connectivity index (χ3n) is 2.50. The van der Waals surface area contributed by atoms with Crippen LogP contribution in [0.3, 0.4) is 0 Å². The number of hydrogen-bond acceptors (Lipinski definition) is 2. The molecule has 0 spiro atoms. The molecule has 4 nitrogen and oxygen atoms in total. The van der Waals surface area contributed by atoms with E-state index in [1.54, 1.807) is 11.9 Å². The molecule has 2 amide bonds. The normalized spacial score (nSPS) is 11.9. The Kier molecular flexibility index (Phi) is 4.79. The first-order valence-corrected chi connectivity index (χ1v) is 5.36. The Morgan fingerprint density at radius 3 is 2.56 bits per heavy atom. The van der Waals surface area contributed by atoms with Crippen LogP contribution in [0.2, 0.25) is 0 Å². The first-order chi connectivity index (χ1) is 7.69. The molecule has 0 aliphatic carbocycles. The van der Waals surface area contributed by atoms with Gasteiger partial charge in [-0.3, -0.25) is 0 Å². The Labute approximate surface area is 95.9 Å². The zero-order valence-corrected chi connectivity index (χ0v) is 9.68. The number of aliphatic hydroxyl groups is 1. The van der Waals surface area contributed by atoms with Crippen LogP contribution in [0.15, 0.2) is 30.3 Å². The molecule has 1 atom stereocenters. The minimum Gasteiger partial charge on any atom is -0.394 e. The average Bonchev–Trinajstić information content (AvgIpc) is 2.35. The number of hydrogen-bond donors (Lipinski definition) is 2. The molecule has 2 N–H and O–H groups in total. The molecule has 1 aromatic rings. The van der Waals surface area contributed by atoms with Gasteiger partial charge >= 0.3 is 6.03 Å². The number of carbonyl (C=O) groups excluding carboxylic acids is 1. The van der Waals surface area contributed by atoms with Crippen LogP contribution in [-0.2, 0) is 0 Å². The second kappa shape index (κ2) is 6.12. The van der Waals surface area contributed by atoms with E-state index in [2.05, 4.69) is 5.32 Å². The highest BCUT2D eigenvalue weighted by Crippen LogP contribution is 2.11. The molecule has 0 aliphatic rings. The zero-order chi connectivity index (χ0) is 12.0. The topological polar surface area (TPSA) is 52.6 Å². The maximum atomic E-state index is 11.6. The van der Waals surface area contributed by atoms with Gasteiger partial charge in [-0.05, 0) is 12.5 Å². The predicted octanol–water partition coefficient (Wildman–Crippen LogP) is 1.38. The summed E-state index contributed by atoms with van der Waals surface area (Å²) in [5, 5.41) is 12.0. The lowest BCUT2D eigenvalue weighted by atomic mass is 10.1. The molecule has 0 aliphatic heterocycles. The van der Waals surface area contributed by atoms with E-state index in [-0.39, 0.29) is 18.7 Å². The third kappa shape index (κ3) is 3.24. The highest BCUT2D eigenvalue weighted by Gasteiger charge is 2.14. The van der Waals surface area contributed by atoms with Crippen LogP contribution in [0.5, 0.6) is 0 Å². The largest absolute Gasteiger partial charge is 0.394 e. The van der Waals surface area contributed by atoms with Crippen LogP contribution < -0.4 is 5.32 Å². The van der Waals surface area contributed by atoms with Crippen molar-refractivity contribution in [2.45, 2.75) is 13.0 Å². The molecule has 1 rings (SSSR count). The summed E-state index contributed by atoms with van der Waals surface area (Å²) in [5.41, 5.74) is 0.905. The van der Waals surface area contributed by atoms with E-state index in [1.807, 2.05) is 37.3 Å². The standard InChI is InChI=1S/C12H18N2O2/c1-3-14(2)12(16)13-11(9-15)10-7-5-4-6-8-10/h4-8,11,15H,3,9H2,1-2H3,(H,13,16)/t11-/m0/s1. The van der Waals surface area contributed by atoms with Crippen LogP contribution in [0, 0.1) is 0 Å². The number of nitrogens with one attached hydrogen (secondary N) is 1. The molecule has 0 saturated heterocycles. The fourth-order valence-corrected chi connectivity index (χ4v) is 1.32. The molecule has 0 unspecified atom stereocenters. The number of nitrogens with zero attached hydrogens (tertiary/aromatic N) is 1. The Morgan fingerprint density at radius 2 is 2.06 bits per heavy atom. The van der Waals surface area contributed by atoms with Gasteiger partial charge in [0.2, 0.25) is 0 Å². The molecule has 0 heterocycles. The zero-order valence-electron chi connectivity index (χ0n) is 9.68. The lowest BCUT2D eigenvalue weighted by Crippen LogP contribution is -2.40. The smallest absolute Gasteiger partial charge is 0.317 e. The minimum absolute atomic E-state index is 0.104. The van der Waals surface area contributed by atoms with Crippen molar-refractivity contribution in [3.63, 3.8) is 0 Å². The highest BCUT2D eigenvalue weighted by molar-refractivity contribution is 5.74. The Morgan fingerprint density at radius 1 is 1.44 bits per heavy atom. The molecule has 88 valence electrons. The molecule has 0 aromatic heterocycles. The average molecular weight is 222 g/mol. The summed E-state index contributed by atoms with van der Waals surface area (Å²) in [6, 6.07) is 8.91. The SMILES string of the molecule is CCN(C)C(=O)N[C@@H](CO)c1ccccc1.